The summed E-state index contributed by atoms with van der Waals surface area (Å²) in [7, 11) is 0. The fourth-order valence-electron chi connectivity index (χ4n) is 1.50. The maximum atomic E-state index is 9.65. The molecule has 15 heavy (non-hydrogen) atoms. The molecule has 0 spiro atoms. The number of aliphatic hydroxyl groups excluding tert-OH is 3. The Balaban J connectivity index is 2.65. The van der Waals surface area contributed by atoms with Crippen LogP contribution in [0.5, 0.6) is 0 Å². The number of hydrogen-bond donors (Lipinski definition) is 4. The highest BCUT2D eigenvalue weighted by Crippen LogP contribution is 2.21. The van der Waals surface area contributed by atoms with Crippen molar-refractivity contribution < 1.29 is 24.8 Å². The minimum Gasteiger partial charge on any atom is -0.394 e. The van der Waals surface area contributed by atoms with E-state index in [1.54, 1.807) is 13.8 Å². The van der Waals surface area contributed by atoms with E-state index >= 15 is 0 Å². The van der Waals surface area contributed by atoms with Gasteiger partial charge in [0, 0.05) is 0 Å². The van der Waals surface area contributed by atoms with Gasteiger partial charge >= 0.3 is 0 Å². The summed E-state index contributed by atoms with van der Waals surface area (Å²) in [4.78, 5) is 0. The third-order valence-corrected chi connectivity index (χ3v) is 2.34. The van der Waals surface area contributed by atoms with Crippen LogP contribution in [-0.2, 0) is 9.47 Å². The Morgan fingerprint density at radius 2 is 1.93 bits per heavy atom. The molecule has 1 rings (SSSR count). The highest BCUT2D eigenvalue weighted by Gasteiger charge is 2.43. The third kappa shape index (κ3) is 2.87. The van der Waals surface area contributed by atoms with Crippen LogP contribution in [0.25, 0.3) is 0 Å². The number of rotatable bonds is 3. The van der Waals surface area contributed by atoms with E-state index in [0.29, 0.717) is 0 Å². The maximum Gasteiger partial charge on any atom is 0.185 e. The zero-order chi connectivity index (χ0) is 11.6. The zero-order valence-corrected chi connectivity index (χ0v) is 8.91. The van der Waals surface area contributed by atoms with Gasteiger partial charge < -0.3 is 30.5 Å². The minimum absolute atomic E-state index is 0.133. The van der Waals surface area contributed by atoms with E-state index in [-0.39, 0.29) is 12.7 Å². The van der Waals surface area contributed by atoms with Gasteiger partial charge in [-0.1, -0.05) is 0 Å². The molecule has 0 amide bonds. The van der Waals surface area contributed by atoms with E-state index in [1.807, 2.05) is 0 Å². The average Bonchev–Trinajstić information content (AvgIpc) is 2.18. The SMILES string of the molecule is CC(C)OC1OC(CO)C(O)C(N)C1O. The Kier molecular flexibility index (Phi) is 4.45. The van der Waals surface area contributed by atoms with Gasteiger partial charge in [-0.05, 0) is 13.8 Å². The van der Waals surface area contributed by atoms with Gasteiger partial charge in [0.25, 0.3) is 0 Å². The molecule has 0 aromatic heterocycles. The second-order valence-corrected chi connectivity index (χ2v) is 3.97. The Hall–Kier alpha value is -0.240. The standard InChI is InChI=1S/C9H19NO5/c1-4(2)14-9-8(13)6(10)7(12)5(3-11)15-9/h4-9,11-13H,3,10H2,1-2H3. The predicted octanol–water partition coefficient (Wildman–Crippen LogP) is -1.82. The van der Waals surface area contributed by atoms with Crippen molar-refractivity contribution >= 4 is 0 Å². The Morgan fingerprint density at radius 3 is 2.40 bits per heavy atom. The molecule has 1 saturated heterocycles. The molecule has 90 valence electrons. The van der Waals surface area contributed by atoms with Crippen molar-refractivity contribution in [1.82, 2.24) is 0 Å². The minimum atomic E-state index is -1.09. The first kappa shape index (κ1) is 12.8. The lowest BCUT2D eigenvalue weighted by atomic mass is 9.97. The van der Waals surface area contributed by atoms with Crippen molar-refractivity contribution in [2.45, 2.75) is 50.6 Å². The smallest absolute Gasteiger partial charge is 0.185 e. The number of aliphatic hydroxyl groups is 3. The summed E-state index contributed by atoms with van der Waals surface area (Å²) in [5.41, 5.74) is 5.58. The lowest BCUT2D eigenvalue weighted by molar-refractivity contribution is -0.285. The quantitative estimate of drug-likeness (QED) is 0.447. The molecule has 0 radical (unpaired) electrons. The van der Waals surface area contributed by atoms with Crippen LogP contribution in [0.2, 0.25) is 0 Å². The fourth-order valence-corrected chi connectivity index (χ4v) is 1.50. The molecule has 5 atom stereocenters. The van der Waals surface area contributed by atoms with Gasteiger partial charge in [0.05, 0.1) is 18.8 Å². The molecular formula is C9H19NO5. The normalized spacial score (nSPS) is 42.2. The molecule has 1 aliphatic heterocycles. The lowest BCUT2D eigenvalue weighted by Crippen LogP contribution is -2.62. The Bertz CT molecular complexity index is 199. The van der Waals surface area contributed by atoms with Gasteiger partial charge in [-0.2, -0.15) is 0 Å². The molecule has 6 heteroatoms. The molecule has 1 aliphatic rings. The summed E-state index contributed by atoms with van der Waals surface area (Å²) >= 11 is 0. The van der Waals surface area contributed by atoms with Gasteiger partial charge in [0.15, 0.2) is 6.29 Å². The van der Waals surface area contributed by atoms with Crippen LogP contribution in [0.3, 0.4) is 0 Å². The number of nitrogens with two attached hydrogens (primary N) is 1. The third-order valence-electron chi connectivity index (χ3n) is 2.34. The van der Waals surface area contributed by atoms with Crippen LogP contribution in [-0.4, -0.2) is 58.7 Å². The van der Waals surface area contributed by atoms with Crippen molar-refractivity contribution in [1.29, 1.82) is 0 Å². The summed E-state index contributed by atoms with van der Waals surface area (Å²) in [6, 6.07) is -0.875. The summed E-state index contributed by atoms with van der Waals surface area (Å²) < 4.78 is 10.5. The molecule has 0 bridgehead atoms. The van der Waals surface area contributed by atoms with Gasteiger partial charge in [-0.3, -0.25) is 0 Å². The zero-order valence-electron chi connectivity index (χ0n) is 8.91. The van der Waals surface area contributed by atoms with Crippen LogP contribution >= 0.6 is 0 Å². The topological polar surface area (TPSA) is 105 Å². The molecule has 0 aromatic rings. The lowest BCUT2D eigenvalue weighted by Gasteiger charge is -2.40. The van der Waals surface area contributed by atoms with Crippen LogP contribution in [0.4, 0.5) is 0 Å². The second kappa shape index (κ2) is 5.20. The maximum absolute atomic E-state index is 9.65. The van der Waals surface area contributed by atoms with Crippen molar-refractivity contribution in [2.75, 3.05) is 6.61 Å². The van der Waals surface area contributed by atoms with E-state index in [4.69, 9.17) is 20.3 Å². The molecule has 0 aliphatic carbocycles. The van der Waals surface area contributed by atoms with Gasteiger partial charge in [0.1, 0.15) is 18.3 Å². The fraction of sp³-hybridized carbons (Fsp3) is 1.00. The van der Waals surface area contributed by atoms with Crippen molar-refractivity contribution in [2.24, 2.45) is 5.73 Å². The van der Waals surface area contributed by atoms with E-state index < -0.39 is 30.6 Å². The largest absolute Gasteiger partial charge is 0.394 e. The molecule has 5 unspecified atom stereocenters. The summed E-state index contributed by atoms with van der Waals surface area (Å²) in [5, 5.41) is 28.1. The van der Waals surface area contributed by atoms with E-state index in [2.05, 4.69) is 0 Å². The van der Waals surface area contributed by atoms with Crippen LogP contribution < -0.4 is 5.73 Å². The highest BCUT2D eigenvalue weighted by atomic mass is 16.7. The van der Waals surface area contributed by atoms with E-state index in [0.717, 1.165) is 0 Å². The Labute approximate surface area is 88.6 Å². The molecule has 1 fully saturated rings. The van der Waals surface area contributed by atoms with Gasteiger partial charge in [0.2, 0.25) is 0 Å². The summed E-state index contributed by atoms with van der Waals surface area (Å²) in [5.74, 6) is 0. The van der Waals surface area contributed by atoms with Crippen molar-refractivity contribution in [3.8, 4) is 0 Å². The van der Waals surface area contributed by atoms with E-state index in [1.165, 1.54) is 0 Å². The number of ether oxygens (including phenoxy) is 2. The van der Waals surface area contributed by atoms with Crippen LogP contribution in [0.15, 0.2) is 0 Å². The molecular weight excluding hydrogens is 202 g/mol. The molecule has 0 aromatic carbocycles. The Morgan fingerprint density at radius 1 is 1.33 bits per heavy atom. The van der Waals surface area contributed by atoms with Crippen molar-refractivity contribution in [3.05, 3.63) is 0 Å². The van der Waals surface area contributed by atoms with Gasteiger partial charge in [-0.25, -0.2) is 0 Å². The van der Waals surface area contributed by atoms with Crippen molar-refractivity contribution in [3.63, 3.8) is 0 Å². The molecule has 0 saturated carbocycles. The van der Waals surface area contributed by atoms with E-state index in [9.17, 15) is 10.2 Å². The second-order valence-electron chi connectivity index (χ2n) is 3.97. The summed E-state index contributed by atoms with van der Waals surface area (Å²) in [6.45, 7) is 3.22. The first-order valence-electron chi connectivity index (χ1n) is 5.01. The molecule has 1 heterocycles. The highest BCUT2D eigenvalue weighted by molar-refractivity contribution is 4.91. The molecule has 5 N–H and O–H groups in total. The summed E-state index contributed by atoms with van der Waals surface area (Å²) in [6.07, 6.45) is -4.03. The predicted molar refractivity (Wildman–Crippen MR) is 52.0 cm³/mol. The first-order chi connectivity index (χ1) is 6.97. The van der Waals surface area contributed by atoms with Gasteiger partial charge in [-0.15, -0.1) is 0 Å². The monoisotopic (exact) mass is 221 g/mol. The first-order valence-corrected chi connectivity index (χ1v) is 5.01. The van der Waals surface area contributed by atoms with Crippen LogP contribution in [0, 0.1) is 0 Å². The number of hydrogen-bond acceptors (Lipinski definition) is 6. The molecule has 6 nitrogen and oxygen atoms in total. The van der Waals surface area contributed by atoms with Crippen LogP contribution in [0.1, 0.15) is 13.8 Å². The average molecular weight is 221 g/mol.